The van der Waals surface area contributed by atoms with Crippen LogP contribution in [0.25, 0.3) is 28.5 Å². The first-order chi connectivity index (χ1) is 12.4. The summed E-state index contributed by atoms with van der Waals surface area (Å²) in [5, 5.41) is 3.64. The minimum atomic E-state index is 0.0255. The monoisotopic (exact) mass is 323 g/mol. The highest BCUT2D eigenvalue weighted by Crippen LogP contribution is 2.38. The summed E-state index contributed by atoms with van der Waals surface area (Å²) in [4.78, 5) is 4.89. The lowest BCUT2D eigenvalue weighted by molar-refractivity contribution is 0.694. The molecule has 0 fully saturated rings. The number of fused-ring (bicyclic) bond motifs is 5. The van der Waals surface area contributed by atoms with Crippen molar-refractivity contribution < 1.29 is 0 Å². The van der Waals surface area contributed by atoms with Gasteiger partial charge in [-0.25, -0.2) is 4.98 Å². The van der Waals surface area contributed by atoms with Crippen molar-refractivity contribution >= 4 is 22.8 Å². The highest BCUT2D eigenvalue weighted by molar-refractivity contribution is 5.86. The SMILES string of the molecule is C(=C\C1Nc2ccccc2-c2nc3ccccc3n21)/c1ccccc1. The van der Waals surface area contributed by atoms with Gasteiger partial charge in [-0.2, -0.15) is 0 Å². The molecule has 1 aliphatic rings. The zero-order valence-electron chi connectivity index (χ0n) is 13.6. The molecule has 5 rings (SSSR count). The van der Waals surface area contributed by atoms with Crippen LogP contribution in [0, 0.1) is 0 Å². The number of aromatic nitrogens is 2. The van der Waals surface area contributed by atoms with Gasteiger partial charge >= 0.3 is 0 Å². The van der Waals surface area contributed by atoms with Crippen LogP contribution in [0.1, 0.15) is 11.7 Å². The number of hydrogen-bond donors (Lipinski definition) is 1. The summed E-state index contributed by atoms with van der Waals surface area (Å²) in [5.74, 6) is 1.01. The number of anilines is 1. The molecule has 25 heavy (non-hydrogen) atoms. The van der Waals surface area contributed by atoms with Gasteiger partial charge in [0.15, 0.2) is 0 Å². The summed E-state index contributed by atoms with van der Waals surface area (Å²) < 4.78 is 2.27. The minimum absolute atomic E-state index is 0.0255. The molecule has 4 aromatic rings. The first-order valence-corrected chi connectivity index (χ1v) is 8.46. The Hall–Kier alpha value is -3.33. The van der Waals surface area contributed by atoms with Gasteiger partial charge in [-0.1, -0.05) is 60.7 Å². The number of hydrogen-bond acceptors (Lipinski definition) is 2. The van der Waals surface area contributed by atoms with E-state index in [2.05, 4.69) is 88.8 Å². The van der Waals surface area contributed by atoms with E-state index in [4.69, 9.17) is 4.98 Å². The van der Waals surface area contributed by atoms with E-state index in [1.165, 1.54) is 5.56 Å². The van der Waals surface area contributed by atoms with Crippen LogP contribution in [0.5, 0.6) is 0 Å². The van der Waals surface area contributed by atoms with Crippen molar-refractivity contribution in [3.05, 3.63) is 90.5 Å². The van der Waals surface area contributed by atoms with E-state index < -0.39 is 0 Å². The van der Waals surface area contributed by atoms with Crippen molar-refractivity contribution in [1.29, 1.82) is 0 Å². The first-order valence-electron chi connectivity index (χ1n) is 8.46. The van der Waals surface area contributed by atoms with Crippen LogP contribution in [0.2, 0.25) is 0 Å². The van der Waals surface area contributed by atoms with Crippen LogP contribution in [0.4, 0.5) is 5.69 Å². The van der Waals surface area contributed by atoms with Gasteiger partial charge in [-0.3, -0.25) is 4.57 Å². The molecular weight excluding hydrogens is 306 g/mol. The smallest absolute Gasteiger partial charge is 0.145 e. The van der Waals surface area contributed by atoms with E-state index in [9.17, 15) is 0 Å². The van der Waals surface area contributed by atoms with Gasteiger partial charge in [0.25, 0.3) is 0 Å². The van der Waals surface area contributed by atoms with Gasteiger partial charge in [-0.05, 0) is 35.9 Å². The summed E-state index contributed by atoms with van der Waals surface area (Å²) in [6, 6.07) is 27.0. The van der Waals surface area contributed by atoms with Crippen LogP contribution in [0.3, 0.4) is 0 Å². The van der Waals surface area contributed by atoms with Crippen molar-refractivity contribution in [2.75, 3.05) is 5.32 Å². The first kappa shape index (κ1) is 14.1. The number of nitrogens with one attached hydrogen (secondary N) is 1. The van der Waals surface area contributed by atoms with E-state index in [-0.39, 0.29) is 6.17 Å². The molecule has 2 heterocycles. The van der Waals surface area contributed by atoms with Crippen LogP contribution in [-0.2, 0) is 0 Å². The van der Waals surface area contributed by atoms with Crippen molar-refractivity contribution in [2.24, 2.45) is 0 Å². The maximum absolute atomic E-state index is 4.89. The summed E-state index contributed by atoms with van der Waals surface area (Å²) in [7, 11) is 0. The van der Waals surface area contributed by atoms with Crippen LogP contribution in [-0.4, -0.2) is 9.55 Å². The highest BCUT2D eigenvalue weighted by Gasteiger charge is 2.25. The molecule has 120 valence electrons. The van der Waals surface area contributed by atoms with E-state index in [1.54, 1.807) is 0 Å². The lowest BCUT2D eigenvalue weighted by Gasteiger charge is -2.28. The Morgan fingerprint density at radius 1 is 0.840 bits per heavy atom. The largest absolute Gasteiger partial charge is 0.361 e. The fraction of sp³-hybridized carbons (Fsp3) is 0.0455. The molecule has 1 aromatic heterocycles. The summed E-state index contributed by atoms with van der Waals surface area (Å²) in [5.41, 5.74) is 5.61. The fourth-order valence-corrected chi connectivity index (χ4v) is 3.44. The second-order valence-electron chi connectivity index (χ2n) is 6.20. The molecule has 0 aliphatic carbocycles. The number of benzene rings is 3. The third kappa shape index (κ3) is 2.32. The molecule has 3 aromatic carbocycles. The zero-order chi connectivity index (χ0) is 16.6. The minimum Gasteiger partial charge on any atom is -0.361 e. The van der Waals surface area contributed by atoms with Gasteiger partial charge in [0.2, 0.25) is 0 Å². The highest BCUT2D eigenvalue weighted by atomic mass is 15.2. The second kappa shape index (κ2) is 5.64. The maximum Gasteiger partial charge on any atom is 0.145 e. The van der Waals surface area contributed by atoms with Crippen LogP contribution in [0.15, 0.2) is 84.9 Å². The maximum atomic E-state index is 4.89. The normalized spacial score (nSPS) is 15.8. The Bertz CT molecular complexity index is 1080. The molecule has 1 aliphatic heterocycles. The van der Waals surface area contributed by atoms with E-state index in [1.807, 2.05) is 12.1 Å². The standard InChI is InChI=1S/C22H17N3/c1-2-8-16(9-3-1)14-15-21-23-18-11-5-4-10-17(18)22-24-19-12-6-7-13-20(19)25(21)22/h1-15,21,23H/b15-14+. The molecule has 0 saturated heterocycles. The Labute approximate surface area is 146 Å². The number of nitrogens with zero attached hydrogens (tertiary/aromatic N) is 2. The van der Waals surface area contributed by atoms with Gasteiger partial charge in [0.05, 0.1) is 11.0 Å². The molecular formula is C22H17N3. The van der Waals surface area contributed by atoms with Gasteiger partial charge in [0.1, 0.15) is 12.0 Å². The molecule has 0 radical (unpaired) electrons. The number of rotatable bonds is 2. The van der Waals surface area contributed by atoms with Crippen molar-refractivity contribution in [2.45, 2.75) is 6.17 Å². The zero-order valence-corrected chi connectivity index (χ0v) is 13.6. The lowest BCUT2D eigenvalue weighted by atomic mass is 10.1. The topological polar surface area (TPSA) is 29.9 Å². The molecule has 0 amide bonds. The lowest BCUT2D eigenvalue weighted by Crippen LogP contribution is -2.21. The molecule has 1 unspecified atom stereocenters. The molecule has 0 bridgehead atoms. The average molecular weight is 323 g/mol. The Morgan fingerprint density at radius 3 is 2.52 bits per heavy atom. The average Bonchev–Trinajstić information content (AvgIpc) is 3.07. The summed E-state index contributed by atoms with van der Waals surface area (Å²) in [6.45, 7) is 0. The summed E-state index contributed by atoms with van der Waals surface area (Å²) >= 11 is 0. The Kier molecular flexibility index (Phi) is 3.17. The van der Waals surface area contributed by atoms with E-state index in [0.29, 0.717) is 0 Å². The second-order valence-corrected chi connectivity index (χ2v) is 6.20. The number of para-hydroxylation sites is 3. The molecule has 0 saturated carbocycles. The third-order valence-electron chi connectivity index (χ3n) is 4.62. The van der Waals surface area contributed by atoms with Gasteiger partial charge < -0.3 is 5.32 Å². The van der Waals surface area contributed by atoms with E-state index in [0.717, 1.165) is 28.1 Å². The molecule has 3 heteroatoms. The van der Waals surface area contributed by atoms with Crippen molar-refractivity contribution in [3.63, 3.8) is 0 Å². The summed E-state index contributed by atoms with van der Waals surface area (Å²) in [6.07, 6.45) is 4.38. The predicted octanol–water partition coefficient (Wildman–Crippen LogP) is 5.34. The van der Waals surface area contributed by atoms with Gasteiger partial charge in [0, 0.05) is 11.3 Å². The number of imidazole rings is 1. The Balaban J connectivity index is 1.68. The molecule has 3 nitrogen and oxygen atoms in total. The third-order valence-corrected chi connectivity index (χ3v) is 4.62. The van der Waals surface area contributed by atoms with Crippen LogP contribution >= 0.6 is 0 Å². The van der Waals surface area contributed by atoms with Crippen LogP contribution < -0.4 is 5.32 Å². The molecule has 1 atom stereocenters. The van der Waals surface area contributed by atoms with Gasteiger partial charge in [-0.15, -0.1) is 0 Å². The van der Waals surface area contributed by atoms with Crippen molar-refractivity contribution in [1.82, 2.24) is 9.55 Å². The van der Waals surface area contributed by atoms with E-state index >= 15 is 0 Å². The predicted molar refractivity (Wildman–Crippen MR) is 103 cm³/mol. The molecule has 1 N–H and O–H groups in total. The quantitative estimate of drug-likeness (QED) is 0.539. The Morgan fingerprint density at radius 2 is 1.60 bits per heavy atom. The molecule has 0 spiro atoms. The van der Waals surface area contributed by atoms with Crippen molar-refractivity contribution in [3.8, 4) is 11.4 Å². The fourth-order valence-electron chi connectivity index (χ4n) is 3.44.